The van der Waals surface area contributed by atoms with Crippen LogP contribution in [0.2, 0.25) is 0 Å². The van der Waals surface area contributed by atoms with E-state index in [1.54, 1.807) is 0 Å². The molecule has 0 amide bonds. The summed E-state index contributed by atoms with van der Waals surface area (Å²) in [5, 5.41) is 3.18. The number of ether oxygens (including phenoxy) is 2. The quantitative estimate of drug-likeness (QED) is 0.242. The van der Waals surface area contributed by atoms with E-state index in [0.29, 0.717) is 6.61 Å². The van der Waals surface area contributed by atoms with Crippen molar-refractivity contribution < 1.29 is 14.3 Å². The van der Waals surface area contributed by atoms with Gasteiger partial charge in [0.1, 0.15) is 0 Å². The van der Waals surface area contributed by atoms with E-state index in [1.807, 2.05) is 0 Å². The van der Waals surface area contributed by atoms with Gasteiger partial charge in [-0.1, -0.05) is 90.4 Å². The molecule has 26 heavy (non-hydrogen) atoms. The first-order valence-electron chi connectivity index (χ1n) is 11.4. The molecule has 154 valence electrons. The molecule has 1 unspecified atom stereocenters. The topological polar surface area (TPSA) is 47.6 Å². The van der Waals surface area contributed by atoms with Gasteiger partial charge in [0.2, 0.25) is 0 Å². The molecule has 1 aliphatic rings. The van der Waals surface area contributed by atoms with Gasteiger partial charge < -0.3 is 9.47 Å². The Kier molecular flexibility index (Phi) is 15.8. The van der Waals surface area contributed by atoms with Gasteiger partial charge in [0, 0.05) is 0 Å². The lowest BCUT2D eigenvalue weighted by molar-refractivity contribution is 0.00166. The maximum absolute atomic E-state index is 11.6. The standard InChI is InChI=1S/C22H43NO3/c1-2-3-4-5-6-7-8-9-10-11-12-13-14-17-20-25-22(24)26-21-18-15-16-19-23-21/h21,23H,2-20H2,1H3. The first-order valence-corrected chi connectivity index (χ1v) is 11.4. The summed E-state index contributed by atoms with van der Waals surface area (Å²) in [5.41, 5.74) is 0. The fourth-order valence-electron chi connectivity index (χ4n) is 3.52. The van der Waals surface area contributed by atoms with Crippen LogP contribution in [0.1, 0.15) is 116 Å². The molecule has 0 bridgehead atoms. The minimum Gasteiger partial charge on any atom is -0.434 e. The monoisotopic (exact) mass is 369 g/mol. The lowest BCUT2D eigenvalue weighted by Gasteiger charge is -2.22. The van der Waals surface area contributed by atoms with Crippen LogP contribution in [0.15, 0.2) is 0 Å². The Morgan fingerprint density at radius 1 is 0.808 bits per heavy atom. The molecular formula is C22H43NO3. The number of piperidine rings is 1. The predicted molar refractivity (Wildman–Crippen MR) is 108 cm³/mol. The Morgan fingerprint density at radius 3 is 1.85 bits per heavy atom. The maximum Gasteiger partial charge on any atom is 0.509 e. The van der Waals surface area contributed by atoms with Crippen LogP contribution in [0.4, 0.5) is 4.79 Å². The smallest absolute Gasteiger partial charge is 0.434 e. The zero-order valence-electron chi connectivity index (χ0n) is 17.2. The highest BCUT2D eigenvalue weighted by Gasteiger charge is 2.17. The Morgan fingerprint density at radius 2 is 1.35 bits per heavy atom. The second-order valence-electron chi connectivity index (χ2n) is 7.75. The van der Waals surface area contributed by atoms with Crippen molar-refractivity contribution in [3.8, 4) is 0 Å². The summed E-state index contributed by atoms with van der Waals surface area (Å²) >= 11 is 0. The van der Waals surface area contributed by atoms with Crippen LogP contribution in [0, 0.1) is 0 Å². The maximum atomic E-state index is 11.6. The molecule has 0 aliphatic carbocycles. The van der Waals surface area contributed by atoms with Crippen molar-refractivity contribution >= 4 is 6.16 Å². The zero-order valence-corrected chi connectivity index (χ0v) is 17.2. The fraction of sp³-hybridized carbons (Fsp3) is 0.955. The molecule has 1 N–H and O–H groups in total. The van der Waals surface area contributed by atoms with Gasteiger partial charge in [-0.2, -0.15) is 0 Å². The van der Waals surface area contributed by atoms with Crippen molar-refractivity contribution in [3.63, 3.8) is 0 Å². The van der Waals surface area contributed by atoms with Crippen LogP contribution < -0.4 is 5.32 Å². The number of hydrogen-bond acceptors (Lipinski definition) is 4. The summed E-state index contributed by atoms with van der Waals surface area (Å²) in [6.07, 6.45) is 21.2. The number of carbonyl (C=O) groups is 1. The molecule has 0 aromatic heterocycles. The van der Waals surface area contributed by atoms with Crippen molar-refractivity contribution in [3.05, 3.63) is 0 Å². The molecule has 1 aliphatic heterocycles. The minimum absolute atomic E-state index is 0.146. The van der Waals surface area contributed by atoms with E-state index in [2.05, 4.69) is 12.2 Å². The number of carbonyl (C=O) groups excluding carboxylic acids is 1. The summed E-state index contributed by atoms with van der Waals surface area (Å²) in [4.78, 5) is 11.6. The van der Waals surface area contributed by atoms with Gasteiger partial charge in [0.05, 0.1) is 6.61 Å². The first-order chi connectivity index (χ1) is 12.8. The van der Waals surface area contributed by atoms with Crippen LogP contribution in [-0.2, 0) is 9.47 Å². The van der Waals surface area contributed by atoms with Crippen molar-refractivity contribution in [1.82, 2.24) is 5.32 Å². The average Bonchev–Trinajstić information content (AvgIpc) is 2.65. The number of nitrogens with one attached hydrogen (secondary N) is 1. The highest BCUT2D eigenvalue weighted by atomic mass is 16.7. The third-order valence-corrected chi connectivity index (χ3v) is 5.22. The van der Waals surface area contributed by atoms with E-state index >= 15 is 0 Å². The summed E-state index contributed by atoms with van der Waals surface area (Å²) in [7, 11) is 0. The molecule has 1 heterocycles. The Labute approximate surface area is 161 Å². The van der Waals surface area contributed by atoms with Gasteiger partial charge in [-0.3, -0.25) is 5.32 Å². The minimum atomic E-state index is -0.515. The Hall–Kier alpha value is -0.770. The summed E-state index contributed by atoms with van der Waals surface area (Å²) < 4.78 is 10.4. The van der Waals surface area contributed by atoms with E-state index in [9.17, 15) is 4.79 Å². The number of hydrogen-bond donors (Lipinski definition) is 1. The molecule has 1 fully saturated rings. The molecular weight excluding hydrogens is 326 g/mol. The number of rotatable bonds is 16. The lowest BCUT2D eigenvalue weighted by Crippen LogP contribution is -2.37. The van der Waals surface area contributed by atoms with Gasteiger partial charge in [0.15, 0.2) is 6.23 Å². The third kappa shape index (κ3) is 14.4. The van der Waals surface area contributed by atoms with Crippen molar-refractivity contribution in [2.45, 2.75) is 122 Å². The molecule has 0 saturated carbocycles. The molecule has 4 heteroatoms. The number of unbranched alkanes of at least 4 members (excludes halogenated alkanes) is 13. The van der Waals surface area contributed by atoms with Gasteiger partial charge in [-0.05, 0) is 32.2 Å². The first kappa shape index (κ1) is 23.3. The van der Waals surface area contributed by atoms with Crippen LogP contribution in [0.5, 0.6) is 0 Å². The van der Waals surface area contributed by atoms with Crippen LogP contribution in [0.25, 0.3) is 0 Å². The van der Waals surface area contributed by atoms with E-state index in [1.165, 1.54) is 77.0 Å². The SMILES string of the molecule is CCCCCCCCCCCCCCCCOC(=O)OC1CCCCN1. The molecule has 1 rings (SSSR count). The van der Waals surface area contributed by atoms with Crippen LogP contribution in [-0.4, -0.2) is 25.5 Å². The van der Waals surface area contributed by atoms with Gasteiger partial charge >= 0.3 is 6.16 Å². The van der Waals surface area contributed by atoms with Crippen LogP contribution >= 0.6 is 0 Å². The summed E-state index contributed by atoms with van der Waals surface area (Å²) in [6.45, 7) is 3.69. The Balaban J connectivity index is 1.73. The predicted octanol–water partition coefficient (Wildman–Crippen LogP) is 6.72. The van der Waals surface area contributed by atoms with E-state index in [4.69, 9.17) is 9.47 Å². The molecule has 1 atom stereocenters. The van der Waals surface area contributed by atoms with Crippen molar-refractivity contribution in [1.29, 1.82) is 0 Å². The molecule has 4 nitrogen and oxygen atoms in total. The average molecular weight is 370 g/mol. The molecule has 1 saturated heterocycles. The van der Waals surface area contributed by atoms with E-state index < -0.39 is 6.16 Å². The van der Waals surface area contributed by atoms with Gasteiger partial charge in [-0.25, -0.2) is 4.79 Å². The van der Waals surface area contributed by atoms with Crippen molar-refractivity contribution in [2.75, 3.05) is 13.2 Å². The second kappa shape index (κ2) is 17.6. The summed E-state index contributed by atoms with van der Waals surface area (Å²) in [6, 6.07) is 0. The highest BCUT2D eigenvalue weighted by molar-refractivity contribution is 5.60. The van der Waals surface area contributed by atoms with E-state index in [-0.39, 0.29) is 6.23 Å². The van der Waals surface area contributed by atoms with Gasteiger partial charge in [-0.15, -0.1) is 0 Å². The second-order valence-corrected chi connectivity index (χ2v) is 7.75. The molecule has 0 aromatic carbocycles. The third-order valence-electron chi connectivity index (χ3n) is 5.22. The zero-order chi connectivity index (χ0) is 18.7. The van der Waals surface area contributed by atoms with Crippen molar-refractivity contribution in [2.24, 2.45) is 0 Å². The lowest BCUT2D eigenvalue weighted by atomic mass is 10.0. The largest absolute Gasteiger partial charge is 0.509 e. The highest BCUT2D eigenvalue weighted by Crippen LogP contribution is 2.13. The van der Waals surface area contributed by atoms with E-state index in [0.717, 1.165) is 38.6 Å². The van der Waals surface area contributed by atoms with Crippen LogP contribution in [0.3, 0.4) is 0 Å². The molecule has 0 aromatic rings. The van der Waals surface area contributed by atoms with Gasteiger partial charge in [0.25, 0.3) is 0 Å². The molecule has 0 radical (unpaired) electrons. The Bertz CT molecular complexity index is 317. The fourth-order valence-corrected chi connectivity index (χ4v) is 3.52. The molecule has 0 spiro atoms. The summed E-state index contributed by atoms with van der Waals surface area (Å²) in [5.74, 6) is 0. The normalized spacial score (nSPS) is 17.2.